The van der Waals surface area contributed by atoms with Gasteiger partial charge in [-0.1, -0.05) is 18.2 Å². The molecule has 0 saturated heterocycles. The van der Waals surface area contributed by atoms with Gasteiger partial charge in [0.05, 0.1) is 4.90 Å². The zero-order valence-electron chi connectivity index (χ0n) is 12.6. The van der Waals surface area contributed by atoms with Gasteiger partial charge in [-0.3, -0.25) is 0 Å². The second-order valence-corrected chi connectivity index (χ2v) is 6.04. The van der Waals surface area contributed by atoms with Crippen molar-refractivity contribution in [2.45, 2.75) is 4.90 Å². The summed E-state index contributed by atoms with van der Waals surface area (Å²) < 4.78 is 33.3. The molecule has 1 aromatic heterocycles. The number of hydrogen-bond donors (Lipinski definition) is 1. The monoisotopic (exact) mass is 351 g/mol. The number of azo groups is 1. The van der Waals surface area contributed by atoms with Gasteiger partial charge in [-0.05, 0) is 35.7 Å². The van der Waals surface area contributed by atoms with E-state index in [1.807, 2.05) is 0 Å². The van der Waals surface area contributed by atoms with E-state index in [1.54, 1.807) is 24.4 Å². The molecular weight excluding hydrogens is 341 g/mol. The molecule has 116 valence electrons. The standard InChI is InChI=1S/C15H11N3O4S.Na/c19-13-7-4-10-9-11(23(20,21)22)5-6-12(10)15(13)18-17-14-3-1-2-8-16-14;/h1-9,19H,(H,20,21,22);/q;+1/p-1. The summed E-state index contributed by atoms with van der Waals surface area (Å²) in [4.78, 5) is 3.64. The summed E-state index contributed by atoms with van der Waals surface area (Å²) in [6, 6.07) is 11.8. The second-order valence-electron chi connectivity index (χ2n) is 4.66. The zero-order chi connectivity index (χ0) is 16.4. The molecule has 0 aliphatic rings. The van der Waals surface area contributed by atoms with E-state index in [0.29, 0.717) is 16.6 Å². The third kappa shape index (κ3) is 3.97. The van der Waals surface area contributed by atoms with Gasteiger partial charge in [0.25, 0.3) is 0 Å². The van der Waals surface area contributed by atoms with E-state index in [-0.39, 0.29) is 45.9 Å². The molecular formula is C15H10N3NaO4S. The Balaban J connectivity index is 0.00000208. The molecule has 0 unspecified atom stereocenters. The number of aromatic nitrogens is 1. The van der Waals surface area contributed by atoms with Crippen LogP contribution in [0.3, 0.4) is 0 Å². The van der Waals surface area contributed by atoms with E-state index >= 15 is 0 Å². The van der Waals surface area contributed by atoms with Crippen LogP contribution in [0.2, 0.25) is 0 Å². The Morgan fingerprint density at radius 3 is 2.50 bits per heavy atom. The van der Waals surface area contributed by atoms with Gasteiger partial charge < -0.3 is 9.66 Å². The smallest absolute Gasteiger partial charge is 0.744 e. The predicted octanol–water partition coefficient (Wildman–Crippen LogP) is 0.264. The molecule has 0 fully saturated rings. The summed E-state index contributed by atoms with van der Waals surface area (Å²) in [7, 11) is -4.55. The molecule has 0 radical (unpaired) electrons. The molecule has 3 rings (SSSR count). The third-order valence-electron chi connectivity index (χ3n) is 3.13. The van der Waals surface area contributed by atoms with Gasteiger partial charge in [0.1, 0.15) is 21.6 Å². The molecule has 1 N–H and O–H groups in total. The molecule has 0 bridgehead atoms. The molecule has 9 heteroatoms. The molecule has 2 aromatic carbocycles. The summed E-state index contributed by atoms with van der Waals surface area (Å²) in [5, 5.41) is 18.8. The summed E-state index contributed by atoms with van der Waals surface area (Å²) in [5.41, 5.74) is 0.169. The third-order valence-corrected chi connectivity index (χ3v) is 3.96. The molecule has 0 saturated carbocycles. The van der Waals surface area contributed by atoms with Crippen molar-refractivity contribution in [3.63, 3.8) is 0 Å². The van der Waals surface area contributed by atoms with E-state index in [2.05, 4.69) is 15.2 Å². The average Bonchev–Trinajstić information content (AvgIpc) is 2.53. The first-order valence-electron chi connectivity index (χ1n) is 6.49. The quantitative estimate of drug-likeness (QED) is 0.413. The minimum Gasteiger partial charge on any atom is -0.744 e. The van der Waals surface area contributed by atoms with Crippen LogP contribution in [-0.2, 0) is 10.1 Å². The molecule has 0 amide bonds. The zero-order valence-corrected chi connectivity index (χ0v) is 15.4. The van der Waals surface area contributed by atoms with Gasteiger partial charge in [0, 0.05) is 11.6 Å². The van der Waals surface area contributed by atoms with Crippen LogP contribution >= 0.6 is 0 Å². The minimum absolute atomic E-state index is 0. The number of benzene rings is 2. The topological polar surface area (TPSA) is 115 Å². The molecule has 1 heterocycles. The fraction of sp³-hybridized carbons (Fsp3) is 0. The fourth-order valence-corrected chi connectivity index (χ4v) is 2.56. The van der Waals surface area contributed by atoms with E-state index < -0.39 is 10.1 Å². The van der Waals surface area contributed by atoms with Crippen LogP contribution in [-0.4, -0.2) is 23.1 Å². The summed E-state index contributed by atoms with van der Waals surface area (Å²) in [6.45, 7) is 0. The normalized spacial score (nSPS) is 11.5. The largest absolute Gasteiger partial charge is 1.00 e. The van der Waals surface area contributed by atoms with Crippen LogP contribution in [0.5, 0.6) is 5.75 Å². The van der Waals surface area contributed by atoms with E-state index in [9.17, 15) is 18.1 Å². The average molecular weight is 351 g/mol. The second kappa shape index (κ2) is 7.37. The Bertz CT molecular complexity index is 1010. The first-order chi connectivity index (χ1) is 10.9. The van der Waals surface area contributed by atoms with Gasteiger partial charge in [-0.15, -0.1) is 10.2 Å². The first kappa shape index (κ1) is 18.5. The Morgan fingerprint density at radius 2 is 1.83 bits per heavy atom. The Labute approximate surface area is 160 Å². The van der Waals surface area contributed by atoms with Crippen LogP contribution in [0, 0.1) is 0 Å². The number of phenols is 1. The molecule has 0 spiro atoms. The van der Waals surface area contributed by atoms with Crippen LogP contribution in [0.25, 0.3) is 10.8 Å². The van der Waals surface area contributed by atoms with Crippen LogP contribution in [0.4, 0.5) is 11.5 Å². The van der Waals surface area contributed by atoms with Gasteiger partial charge >= 0.3 is 29.6 Å². The van der Waals surface area contributed by atoms with Crippen molar-refractivity contribution in [3.05, 3.63) is 54.7 Å². The van der Waals surface area contributed by atoms with Gasteiger partial charge in [0.15, 0.2) is 5.82 Å². The summed E-state index contributed by atoms with van der Waals surface area (Å²) in [5.74, 6) is 0.248. The maximum absolute atomic E-state index is 11.1. The predicted molar refractivity (Wildman–Crippen MR) is 82.0 cm³/mol. The Morgan fingerprint density at radius 1 is 1.04 bits per heavy atom. The maximum atomic E-state index is 11.1. The van der Waals surface area contributed by atoms with Crippen molar-refractivity contribution in [2.24, 2.45) is 10.2 Å². The SMILES string of the molecule is O=S(=O)([O-])c1ccc2c(N=Nc3ccccn3)c(O)ccc2c1.[Na+]. The van der Waals surface area contributed by atoms with Crippen molar-refractivity contribution in [1.82, 2.24) is 4.98 Å². The van der Waals surface area contributed by atoms with Gasteiger partial charge in [0.2, 0.25) is 0 Å². The van der Waals surface area contributed by atoms with E-state index in [1.165, 1.54) is 30.3 Å². The maximum Gasteiger partial charge on any atom is 1.00 e. The van der Waals surface area contributed by atoms with Crippen molar-refractivity contribution in [1.29, 1.82) is 0 Å². The molecule has 0 aliphatic heterocycles. The number of pyridine rings is 1. The summed E-state index contributed by atoms with van der Waals surface area (Å²) in [6.07, 6.45) is 1.56. The van der Waals surface area contributed by atoms with Crippen molar-refractivity contribution >= 4 is 32.4 Å². The van der Waals surface area contributed by atoms with Crippen LogP contribution < -0.4 is 29.6 Å². The van der Waals surface area contributed by atoms with Gasteiger partial charge in [-0.25, -0.2) is 13.4 Å². The van der Waals surface area contributed by atoms with Crippen molar-refractivity contribution < 1.29 is 47.6 Å². The Hall–Kier alpha value is -1.84. The number of hydrogen-bond acceptors (Lipinski definition) is 7. The molecule has 0 aliphatic carbocycles. The fourth-order valence-electron chi connectivity index (χ4n) is 2.05. The molecule has 3 aromatic rings. The molecule has 0 atom stereocenters. The molecule has 7 nitrogen and oxygen atoms in total. The Kier molecular flexibility index (Phi) is 5.68. The van der Waals surface area contributed by atoms with Crippen LogP contribution in [0.15, 0.2) is 69.9 Å². The number of fused-ring (bicyclic) bond motifs is 1. The number of rotatable bonds is 3. The number of aromatic hydroxyl groups is 1. The number of nitrogens with zero attached hydrogens (tertiary/aromatic N) is 3. The minimum atomic E-state index is -4.55. The van der Waals surface area contributed by atoms with Crippen molar-refractivity contribution in [2.75, 3.05) is 0 Å². The van der Waals surface area contributed by atoms with Crippen LogP contribution in [0.1, 0.15) is 0 Å². The van der Waals surface area contributed by atoms with E-state index in [0.717, 1.165) is 0 Å². The first-order valence-corrected chi connectivity index (χ1v) is 7.90. The molecule has 24 heavy (non-hydrogen) atoms. The number of phenolic OH excluding ortho intramolecular Hbond substituents is 1. The van der Waals surface area contributed by atoms with E-state index in [4.69, 9.17) is 0 Å². The van der Waals surface area contributed by atoms with Gasteiger partial charge in [-0.2, -0.15) is 0 Å². The van der Waals surface area contributed by atoms with Crippen molar-refractivity contribution in [3.8, 4) is 5.75 Å². The summed E-state index contributed by atoms with van der Waals surface area (Å²) >= 11 is 0.